The smallest absolute Gasteiger partial charge is 0.335 e. The summed E-state index contributed by atoms with van der Waals surface area (Å²) in [5.74, 6) is -5.47. The van der Waals surface area contributed by atoms with Crippen molar-refractivity contribution in [2.45, 2.75) is 51.2 Å². The van der Waals surface area contributed by atoms with Gasteiger partial charge in [0.2, 0.25) is 11.7 Å². The number of nitrogens with zero attached hydrogens (tertiary/aromatic N) is 1. The van der Waals surface area contributed by atoms with Gasteiger partial charge in [-0.3, -0.25) is 14.4 Å². The van der Waals surface area contributed by atoms with Crippen LogP contribution in [0, 0.1) is 11.8 Å². The zero-order chi connectivity index (χ0) is 29.4. The summed E-state index contributed by atoms with van der Waals surface area (Å²) < 4.78 is 39.9. The van der Waals surface area contributed by atoms with Gasteiger partial charge in [-0.1, -0.05) is 98.2 Å². The number of amides is 1. The van der Waals surface area contributed by atoms with E-state index in [2.05, 4.69) is 0 Å². The number of Topliss-reactive ketones (excluding diaryl/α,β-unsaturated/α-hetero) is 2. The number of hydrogen-bond donors (Lipinski definition) is 0. The van der Waals surface area contributed by atoms with Crippen LogP contribution in [0.3, 0.4) is 0 Å². The van der Waals surface area contributed by atoms with Gasteiger partial charge < -0.3 is 4.90 Å². The van der Waals surface area contributed by atoms with Gasteiger partial charge >= 0.3 is 6.18 Å². The lowest BCUT2D eigenvalue weighted by Crippen LogP contribution is -2.46. The first-order valence-electron chi connectivity index (χ1n) is 13.1. The molecule has 40 heavy (non-hydrogen) atoms. The van der Waals surface area contributed by atoms with Crippen molar-refractivity contribution in [3.05, 3.63) is 107 Å². The van der Waals surface area contributed by atoms with E-state index in [1.165, 1.54) is 25.8 Å². The second-order valence-electron chi connectivity index (χ2n) is 10.3. The molecule has 8 heteroatoms. The van der Waals surface area contributed by atoms with Gasteiger partial charge in [0.1, 0.15) is 0 Å². The normalized spacial score (nSPS) is 13.9. The molecule has 0 aliphatic heterocycles. The summed E-state index contributed by atoms with van der Waals surface area (Å²) in [6, 6.07) is 24.5. The minimum atomic E-state index is -5.05. The molecule has 0 aliphatic rings. The Kier molecular flexibility index (Phi) is 10.7. The highest BCUT2D eigenvalue weighted by Crippen LogP contribution is 2.32. The molecule has 0 radical (unpaired) electrons. The molecule has 0 heterocycles. The van der Waals surface area contributed by atoms with Gasteiger partial charge in [-0.15, -0.1) is 0 Å². The van der Waals surface area contributed by atoms with E-state index in [1.54, 1.807) is 48.5 Å². The van der Waals surface area contributed by atoms with Crippen LogP contribution in [0.25, 0.3) is 0 Å². The first kappa shape index (κ1) is 31.1. The third-order valence-electron chi connectivity index (χ3n) is 7.18. The summed E-state index contributed by atoms with van der Waals surface area (Å²) in [5.41, 5.74) is 2.45. The number of halogens is 4. The van der Waals surface area contributed by atoms with E-state index in [0.717, 1.165) is 16.7 Å². The Labute approximate surface area is 238 Å². The number of hydrogen-bond acceptors (Lipinski definition) is 3. The van der Waals surface area contributed by atoms with E-state index in [9.17, 15) is 27.6 Å². The van der Waals surface area contributed by atoms with E-state index in [-0.39, 0.29) is 24.7 Å². The number of rotatable bonds is 12. The highest BCUT2D eigenvalue weighted by atomic mass is 35.5. The highest BCUT2D eigenvalue weighted by Gasteiger charge is 2.45. The fourth-order valence-corrected chi connectivity index (χ4v) is 5.03. The van der Waals surface area contributed by atoms with E-state index in [1.807, 2.05) is 36.4 Å². The zero-order valence-corrected chi connectivity index (χ0v) is 23.5. The molecule has 0 bridgehead atoms. The average Bonchev–Trinajstić information content (AvgIpc) is 2.92. The number of benzene rings is 3. The topological polar surface area (TPSA) is 54.5 Å². The molecular weight excluding hydrogens is 539 g/mol. The third kappa shape index (κ3) is 8.28. The Bertz CT molecular complexity index is 1300. The first-order valence-corrected chi connectivity index (χ1v) is 13.5. The lowest BCUT2D eigenvalue weighted by atomic mass is 9.83. The second-order valence-corrected chi connectivity index (χ2v) is 10.8. The van der Waals surface area contributed by atoms with Crippen LogP contribution in [0.15, 0.2) is 84.9 Å². The van der Waals surface area contributed by atoms with Gasteiger partial charge in [0.05, 0.1) is 6.04 Å². The van der Waals surface area contributed by atoms with Crippen LogP contribution in [0.1, 0.15) is 49.3 Å². The van der Waals surface area contributed by atoms with Crippen molar-refractivity contribution in [1.82, 2.24) is 4.90 Å². The van der Waals surface area contributed by atoms with Gasteiger partial charge in [-0.25, -0.2) is 0 Å². The van der Waals surface area contributed by atoms with E-state index in [0.29, 0.717) is 5.02 Å². The first-order chi connectivity index (χ1) is 18.9. The molecule has 1 unspecified atom stereocenters. The van der Waals surface area contributed by atoms with Crippen LogP contribution >= 0.6 is 11.6 Å². The summed E-state index contributed by atoms with van der Waals surface area (Å²) in [4.78, 5) is 40.8. The molecule has 0 aromatic heterocycles. The molecule has 3 rings (SSSR count). The molecule has 0 fully saturated rings. The van der Waals surface area contributed by atoms with Gasteiger partial charge in [0, 0.05) is 36.7 Å². The van der Waals surface area contributed by atoms with Gasteiger partial charge in [-0.05, 0) is 41.2 Å². The van der Waals surface area contributed by atoms with Crippen molar-refractivity contribution >= 4 is 29.1 Å². The largest absolute Gasteiger partial charge is 0.450 e. The minimum Gasteiger partial charge on any atom is -0.335 e. The lowest BCUT2D eigenvalue weighted by Gasteiger charge is -2.31. The Morgan fingerprint density at radius 1 is 0.825 bits per heavy atom. The predicted octanol–water partition coefficient (Wildman–Crippen LogP) is 7.29. The van der Waals surface area contributed by atoms with Gasteiger partial charge in [-0.2, -0.15) is 13.2 Å². The molecule has 3 aromatic rings. The van der Waals surface area contributed by atoms with Crippen LogP contribution in [-0.4, -0.2) is 41.6 Å². The highest BCUT2D eigenvalue weighted by molar-refractivity contribution is 6.30. The maximum absolute atomic E-state index is 13.7. The fourth-order valence-electron chi connectivity index (χ4n) is 4.83. The van der Waals surface area contributed by atoms with Crippen LogP contribution in [0.4, 0.5) is 13.2 Å². The third-order valence-corrected chi connectivity index (χ3v) is 7.41. The lowest BCUT2D eigenvalue weighted by molar-refractivity contribution is -0.177. The van der Waals surface area contributed by atoms with Crippen LogP contribution < -0.4 is 0 Å². The molecule has 0 saturated heterocycles. The van der Waals surface area contributed by atoms with Crippen molar-refractivity contribution in [3.63, 3.8) is 0 Å². The summed E-state index contributed by atoms with van der Waals surface area (Å²) >= 11 is 6.24. The molecule has 212 valence electrons. The van der Waals surface area contributed by atoms with Crippen LogP contribution in [-0.2, 0) is 20.8 Å². The molecule has 4 nitrogen and oxygen atoms in total. The standard InChI is InChI=1S/C32H33ClF3NO3/c1-21(2)26(31(40)32(34,35)36)19-29(38)28(17-22-11-6-4-7-12-22)37(3)30(39)20-27(23-13-8-5-9-14-23)24-15-10-16-25(33)18-24/h4-16,18,21,26-28H,17,19-20H2,1-3H3/t26-,27?,28-/m0/s1. The molecule has 1 amide bonds. The zero-order valence-electron chi connectivity index (χ0n) is 22.7. The van der Waals surface area contributed by atoms with Gasteiger partial charge in [0.25, 0.3) is 0 Å². The monoisotopic (exact) mass is 571 g/mol. The summed E-state index contributed by atoms with van der Waals surface area (Å²) in [6.07, 6.45) is -5.54. The Morgan fingerprint density at radius 2 is 1.40 bits per heavy atom. The predicted molar refractivity (Wildman–Crippen MR) is 150 cm³/mol. The number of carbonyl (C=O) groups is 3. The number of ketones is 2. The number of alkyl halides is 3. The fraction of sp³-hybridized carbons (Fsp3) is 0.344. The maximum Gasteiger partial charge on any atom is 0.450 e. The van der Waals surface area contributed by atoms with Crippen molar-refractivity contribution < 1.29 is 27.6 Å². The van der Waals surface area contributed by atoms with Crippen molar-refractivity contribution in [2.24, 2.45) is 11.8 Å². The van der Waals surface area contributed by atoms with Gasteiger partial charge in [0.15, 0.2) is 5.78 Å². The molecule has 3 atom stereocenters. The van der Waals surface area contributed by atoms with Crippen LogP contribution in [0.5, 0.6) is 0 Å². The van der Waals surface area contributed by atoms with Crippen molar-refractivity contribution in [2.75, 3.05) is 7.05 Å². The van der Waals surface area contributed by atoms with E-state index in [4.69, 9.17) is 11.6 Å². The Morgan fingerprint density at radius 3 is 1.95 bits per heavy atom. The van der Waals surface area contributed by atoms with E-state index < -0.39 is 42.0 Å². The minimum absolute atomic E-state index is 0.00845. The SMILES string of the molecule is CC(C)[C@H](CC(=O)[C@H](Cc1ccccc1)N(C)C(=O)CC(c1ccccc1)c1cccc(Cl)c1)C(=O)C(F)(F)F. The summed E-state index contributed by atoms with van der Waals surface area (Å²) in [7, 11) is 1.49. The second kappa shape index (κ2) is 13.8. The van der Waals surface area contributed by atoms with Crippen molar-refractivity contribution in [3.8, 4) is 0 Å². The molecular formula is C32H33ClF3NO3. The van der Waals surface area contributed by atoms with Crippen molar-refractivity contribution in [1.29, 1.82) is 0 Å². The van der Waals surface area contributed by atoms with Crippen LogP contribution in [0.2, 0.25) is 5.02 Å². The summed E-state index contributed by atoms with van der Waals surface area (Å²) in [6.45, 7) is 2.97. The molecule has 0 spiro atoms. The Hall–Kier alpha value is -3.45. The number of carbonyl (C=O) groups excluding carboxylic acids is 3. The number of likely N-dealkylation sites (N-methyl/N-ethyl adjacent to an activating group) is 1. The molecule has 3 aromatic carbocycles. The summed E-state index contributed by atoms with van der Waals surface area (Å²) in [5, 5.41) is 0.519. The Balaban J connectivity index is 1.92. The molecule has 0 aliphatic carbocycles. The maximum atomic E-state index is 13.7. The molecule has 0 N–H and O–H groups in total. The quantitative estimate of drug-likeness (QED) is 0.229. The average molecular weight is 572 g/mol. The molecule has 0 saturated carbocycles. The van der Waals surface area contributed by atoms with E-state index >= 15 is 0 Å².